The first-order chi connectivity index (χ1) is 37.3. The average Bonchev–Trinajstić information content (AvgIpc) is 3.23. The molecule has 3 aliphatic carbocycles. The summed E-state index contributed by atoms with van der Waals surface area (Å²) in [5, 5.41) is 29.0. The molecular formula is C59H78N2O16Si2. The van der Waals surface area contributed by atoms with Crippen LogP contribution in [0.2, 0.25) is 36.3 Å². The number of amides is 1. The maximum Gasteiger partial charge on any atom is 0.338 e. The lowest BCUT2D eigenvalue weighted by Gasteiger charge is -2.68. The number of ketones is 1. The topological polar surface area (TPSA) is 242 Å². The van der Waals surface area contributed by atoms with Crippen molar-refractivity contribution in [3.8, 4) is 0 Å². The summed E-state index contributed by atoms with van der Waals surface area (Å²) in [4.78, 5) is 99.8. The van der Waals surface area contributed by atoms with E-state index in [4.69, 9.17) is 32.5 Å². The van der Waals surface area contributed by atoms with E-state index in [-0.39, 0.29) is 41.0 Å². The number of hydrogen-bond acceptors (Lipinski definition) is 16. The Labute approximate surface area is 465 Å². The lowest BCUT2D eigenvalue weighted by atomic mass is 9.44. The van der Waals surface area contributed by atoms with Gasteiger partial charge in [-0.05, 0) is 91.1 Å². The zero-order valence-electron chi connectivity index (χ0n) is 47.6. The third-order valence-electron chi connectivity index (χ3n) is 18.4. The van der Waals surface area contributed by atoms with Crippen LogP contribution in [-0.4, -0.2) is 117 Å². The largest absolute Gasteiger partial charge is 0.456 e. The molecule has 428 valence electrons. The van der Waals surface area contributed by atoms with Crippen LogP contribution in [-0.2, 0) is 51.7 Å². The van der Waals surface area contributed by atoms with E-state index < -0.39 is 134 Å². The van der Waals surface area contributed by atoms with Crippen LogP contribution in [0.3, 0.4) is 0 Å². The predicted molar refractivity (Wildman–Crippen MR) is 296 cm³/mol. The molecular weight excluding hydrogens is 1050 g/mol. The molecule has 7 rings (SSSR count). The van der Waals surface area contributed by atoms with Gasteiger partial charge in [0.2, 0.25) is 0 Å². The van der Waals surface area contributed by atoms with E-state index in [1.807, 2.05) is 41.5 Å². The first-order valence-corrected chi connectivity index (χ1v) is 32.8. The van der Waals surface area contributed by atoms with Crippen LogP contribution < -0.4 is 5.32 Å². The molecule has 2 bridgehead atoms. The van der Waals surface area contributed by atoms with Crippen LogP contribution >= 0.6 is 0 Å². The summed E-state index contributed by atoms with van der Waals surface area (Å²) in [7, 11) is -5.53. The van der Waals surface area contributed by atoms with Gasteiger partial charge in [-0.1, -0.05) is 104 Å². The van der Waals surface area contributed by atoms with Crippen molar-refractivity contribution in [2.45, 2.75) is 186 Å². The Hall–Kier alpha value is -5.91. The molecule has 20 heteroatoms. The third-order valence-corrected chi connectivity index (χ3v) is 27.6. The Kier molecular flexibility index (Phi) is 18.2. The molecule has 4 aliphatic rings. The molecule has 0 spiro atoms. The van der Waals surface area contributed by atoms with E-state index in [2.05, 4.69) is 5.32 Å². The van der Waals surface area contributed by atoms with Crippen molar-refractivity contribution in [1.29, 1.82) is 0 Å². The first kappa shape index (κ1) is 60.7. The predicted octanol–water partition coefficient (Wildman–Crippen LogP) is 9.70. The number of hydrogen-bond donors (Lipinski definition) is 2. The quantitative estimate of drug-likeness (QED) is 0.0252. The monoisotopic (exact) mass is 1130 g/mol. The van der Waals surface area contributed by atoms with Gasteiger partial charge in [-0.25, -0.2) is 9.59 Å². The second-order valence-electron chi connectivity index (χ2n) is 22.5. The van der Waals surface area contributed by atoms with Crippen molar-refractivity contribution in [1.82, 2.24) is 5.32 Å². The number of non-ortho nitro benzene ring substituents is 1. The van der Waals surface area contributed by atoms with Gasteiger partial charge in [-0.3, -0.25) is 29.3 Å². The molecule has 11 atom stereocenters. The standard InChI is InChI=1S/C59H78N2O16Si2/c1-13-78(14-2,15-3)76-44-33-45-58(35-71-45,75-38(9)63)50-52(74-54(66)41-27-23-20-24-28-41)59(68)34-43(36(7)46(56(59,10)11)48(72-37(8)62)51(64)57(44,50)12)73-55(67)49(77-79(16-4,17-5)18-6)47(39-25-21-19-22-26-39)60-53(65)40-29-31-42(32-30-40)61(69)70/h19-32,43-45,47-50,52,68H,13-18,33-35H2,1-12H3,(H,60,65)/t43-,44-,45+,47-,48+,49+,50-,52-,57+,58-,59+/m0/s1. The van der Waals surface area contributed by atoms with E-state index in [0.29, 0.717) is 41.8 Å². The number of benzene rings is 3. The zero-order chi connectivity index (χ0) is 58.0. The van der Waals surface area contributed by atoms with Gasteiger partial charge in [-0.15, -0.1) is 0 Å². The SMILES string of the molecule is CC[Si](CC)(CC)O[C@H]1C[C@H]2OC[C@@]2(OC(C)=O)[C@H]2[C@H](OC(=O)c3ccccc3)[C@]3(O)C[C@H](OC(=O)[C@H](O[Si](CC)(CC)CC)[C@@H](NC(=O)c4ccc([N+](=O)[O-])cc4)c4ccccc4)C(C)=C([C@@H](OC(C)=O)C(=O)[C@]12C)C3(C)C. The first-order valence-electron chi connectivity index (χ1n) is 27.7. The summed E-state index contributed by atoms with van der Waals surface area (Å²) < 4.78 is 47.0. The number of nitrogens with zero attached hydrogens (tertiary/aromatic N) is 1. The molecule has 3 aromatic carbocycles. The van der Waals surface area contributed by atoms with Crippen molar-refractivity contribution in [3.63, 3.8) is 0 Å². The minimum absolute atomic E-state index is 0.0653. The summed E-state index contributed by atoms with van der Waals surface area (Å²) in [5.74, 6) is -6.17. The van der Waals surface area contributed by atoms with Crippen LogP contribution in [0.4, 0.5) is 5.69 Å². The highest BCUT2D eigenvalue weighted by Crippen LogP contribution is 2.65. The summed E-state index contributed by atoms with van der Waals surface area (Å²) in [6.07, 6.45) is -8.88. The van der Waals surface area contributed by atoms with E-state index in [1.54, 1.807) is 88.4 Å². The van der Waals surface area contributed by atoms with Gasteiger partial charge < -0.3 is 43.0 Å². The fourth-order valence-corrected chi connectivity index (χ4v) is 18.9. The lowest BCUT2D eigenvalue weighted by Crippen LogP contribution is -2.82. The Morgan fingerprint density at radius 2 is 1.35 bits per heavy atom. The summed E-state index contributed by atoms with van der Waals surface area (Å²) in [6.45, 7) is 20.8. The minimum Gasteiger partial charge on any atom is -0.456 e. The Morgan fingerprint density at radius 1 is 0.785 bits per heavy atom. The number of aliphatic hydroxyl groups is 1. The van der Waals surface area contributed by atoms with Crippen molar-refractivity contribution in [2.75, 3.05) is 6.61 Å². The van der Waals surface area contributed by atoms with Crippen molar-refractivity contribution < 1.29 is 71.3 Å². The number of rotatable bonds is 21. The summed E-state index contributed by atoms with van der Waals surface area (Å²) >= 11 is 0. The number of fused-ring (bicyclic) bond motifs is 5. The number of carbonyl (C=O) groups is 6. The van der Waals surface area contributed by atoms with Crippen LogP contribution in [0.25, 0.3) is 0 Å². The Morgan fingerprint density at radius 3 is 1.86 bits per heavy atom. The fraction of sp³-hybridized carbons (Fsp3) is 0.559. The van der Waals surface area contributed by atoms with Gasteiger partial charge in [0.1, 0.15) is 23.9 Å². The van der Waals surface area contributed by atoms with Gasteiger partial charge in [0.15, 0.2) is 40.2 Å². The van der Waals surface area contributed by atoms with Gasteiger partial charge in [0, 0.05) is 49.8 Å². The lowest BCUT2D eigenvalue weighted by molar-refractivity contribution is -0.384. The maximum atomic E-state index is 16.6. The van der Waals surface area contributed by atoms with Gasteiger partial charge >= 0.3 is 23.9 Å². The van der Waals surface area contributed by atoms with Crippen molar-refractivity contribution in [3.05, 3.63) is 123 Å². The molecule has 2 N–H and O–H groups in total. The highest BCUT2D eigenvalue weighted by Gasteiger charge is 2.79. The van der Waals surface area contributed by atoms with E-state index in [9.17, 15) is 34.4 Å². The summed E-state index contributed by atoms with van der Waals surface area (Å²) in [6, 6.07) is 24.3. The number of nitrogens with one attached hydrogen (secondary N) is 1. The van der Waals surface area contributed by atoms with Gasteiger partial charge in [-0.2, -0.15) is 0 Å². The number of carbonyl (C=O) groups excluding carboxylic acids is 6. The highest BCUT2D eigenvalue weighted by atomic mass is 28.4. The van der Waals surface area contributed by atoms with Gasteiger partial charge in [0.25, 0.3) is 11.6 Å². The van der Waals surface area contributed by atoms with Crippen LogP contribution in [0.15, 0.2) is 96.1 Å². The molecule has 1 heterocycles. The fourth-order valence-electron chi connectivity index (χ4n) is 13.2. The van der Waals surface area contributed by atoms with Crippen LogP contribution in [0, 0.1) is 26.9 Å². The highest BCUT2D eigenvalue weighted by molar-refractivity contribution is 6.74. The second-order valence-corrected chi connectivity index (χ2v) is 31.9. The van der Waals surface area contributed by atoms with E-state index in [1.165, 1.54) is 38.1 Å². The van der Waals surface area contributed by atoms with Crippen molar-refractivity contribution >= 4 is 57.9 Å². The van der Waals surface area contributed by atoms with E-state index >= 15 is 9.59 Å². The molecule has 0 aromatic heterocycles. The van der Waals surface area contributed by atoms with E-state index in [0.717, 1.165) is 0 Å². The number of ether oxygens (including phenoxy) is 5. The molecule has 1 saturated heterocycles. The molecule has 1 aliphatic heterocycles. The second kappa shape index (κ2) is 23.7. The van der Waals surface area contributed by atoms with Crippen molar-refractivity contribution in [2.24, 2.45) is 16.7 Å². The Balaban J connectivity index is 1.48. The number of Topliss-reactive ketones (excluding diaryl/α,β-unsaturated/α-hetero) is 1. The number of nitro groups is 1. The number of nitro benzene ring substituents is 1. The average molecular weight is 1130 g/mol. The third kappa shape index (κ3) is 11.0. The number of esters is 4. The molecule has 0 unspecified atom stereocenters. The molecule has 3 fully saturated rings. The molecule has 79 heavy (non-hydrogen) atoms. The molecule has 3 aromatic rings. The smallest absolute Gasteiger partial charge is 0.338 e. The minimum atomic E-state index is -2.85. The normalized spacial score (nSPS) is 28.0. The molecule has 0 radical (unpaired) electrons. The molecule has 18 nitrogen and oxygen atoms in total. The van der Waals surface area contributed by atoms with Crippen LogP contribution in [0.5, 0.6) is 0 Å². The Bertz CT molecular complexity index is 2790. The maximum absolute atomic E-state index is 16.6. The summed E-state index contributed by atoms with van der Waals surface area (Å²) in [5.41, 5.74) is -6.85. The zero-order valence-corrected chi connectivity index (χ0v) is 49.6. The van der Waals surface area contributed by atoms with Crippen LogP contribution in [0.1, 0.15) is 128 Å². The molecule has 2 saturated carbocycles. The van der Waals surface area contributed by atoms with Gasteiger partial charge in [0.05, 0.1) is 40.6 Å². The molecule has 1 amide bonds.